The summed E-state index contributed by atoms with van der Waals surface area (Å²) in [6, 6.07) is 4.19. The van der Waals surface area contributed by atoms with Crippen molar-refractivity contribution in [1.82, 2.24) is 0 Å². The van der Waals surface area contributed by atoms with Crippen LogP contribution in [0.15, 0.2) is 17.5 Å². The van der Waals surface area contributed by atoms with Crippen LogP contribution in [0.3, 0.4) is 0 Å². The minimum absolute atomic E-state index is 0.178. The number of nitrogens with two attached hydrogens (primary N) is 1. The largest absolute Gasteiger partial charge is 0.387 e. The van der Waals surface area contributed by atoms with Crippen molar-refractivity contribution in [3.8, 4) is 0 Å². The third kappa shape index (κ3) is 2.08. The summed E-state index contributed by atoms with van der Waals surface area (Å²) >= 11 is 3.40. The molecule has 0 saturated heterocycles. The van der Waals surface area contributed by atoms with E-state index < -0.39 is 6.10 Å². The van der Waals surface area contributed by atoms with Gasteiger partial charge in [-0.25, -0.2) is 0 Å². The van der Waals surface area contributed by atoms with Crippen LogP contribution >= 0.6 is 22.7 Å². The second kappa shape index (κ2) is 4.61. The molecule has 4 heteroatoms. The molecule has 0 aliphatic carbocycles. The summed E-state index contributed by atoms with van der Waals surface area (Å²) in [6.07, 6.45) is 0.521. The molecule has 2 heterocycles. The van der Waals surface area contributed by atoms with Gasteiger partial charge in [0.15, 0.2) is 0 Å². The van der Waals surface area contributed by atoms with E-state index in [0.717, 1.165) is 11.3 Å². The van der Waals surface area contributed by atoms with Crippen LogP contribution in [0.2, 0.25) is 0 Å². The molecule has 2 aromatic heterocycles. The number of fused-ring (bicyclic) bond motifs is 1. The minimum Gasteiger partial charge on any atom is -0.387 e. The normalized spacial score (nSPS) is 15.7. The van der Waals surface area contributed by atoms with Gasteiger partial charge in [0.05, 0.1) is 6.10 Å². The van der Waals surface area contributed by atoms with Crippen LogP contribution in [0, 0.1) is 5.92 Å². The molecule has 0 spiro atoms. The maximum atomic E-state index is 10.1. The lowest BCUT2D eigenvalue weighted by Crippen LogP contribution is -2.20. The fourth-order valence-corrected chi connectivity index (χ4v) is 3.88. The first-order valence-electron chi connectivity index (χ1n) is 5.11. The van der Waals surface area contributed by atoms with E-state index in [1.54, 1.807) is 22.7 Å². The zero-order valence-corrected chi connectivity index (χ0v) is 10.3. The van der Waals surface area contributed by atoms with Crippen molar-refractivity contribution in [2.45, 2.75) is 19.4 Å². The molecule has 82 valence electrons. The molecular weight excluding hydrogens is 226 g/mol. The number of aliphatic hydroxyl groups is 1. The van der Waals surface area contributed by atoms with E-state index >= 15 is 0 Å². The lowest BCUT2D eigenvalue weighted by atomic mass is 9.99. The quantitative estimate of drug-likeness (QED) is 0.864. The van der Waals surface area contributed by atoms with Gasteiger partial charge in [0.2, 0.25) is 0 Å². The van der Waals surface area contributed by atoms with Gasteiger partial charge >= 0.3 is 0 Å². The van der Waals surface area contributed by atoms with Crippen LogP contribution in [-0.4, -0.2) is 11.7 Å². The van der Waals surface area contributed by atoms with Crippen LogP contribution in [0.5, 0.6) is 0 Å². The fourth-order valence-electron chi connectivity index (χ4n) is 1.68. The van der Waals surface area contributed by atoms with Crippen molar-refractivity contribution in [1.29, 1.82) is 0 Å². The van der Waals surface area contributed by atoms with Crippen LogP contribution in [0.1, 0.15) is 24.3 Å². The molecule has 2 atom stereocenters. The van der Waals surface area contributed by atoms with Gasteiger partial charge in [0.25, 0.3) is 0 Å². The van der Waals surface area contributed by atoms with Crippen molar-refractivity contribution < 1.29 is 5.11 Å². The van der Waals surface area contributed by atoms with Gasteiger partial charge in [-0.3, -0.25) is 0 Å². The Kier molecular flexibility index (Phi) is 3.41. The minimum atomic E-state index is -0.399. The van der Waals surface area contributed by atoms with Gasteiger partial charge in [0.1, 0.15) is 0 Å². The first-order chi connectivity index (χ1) is 7.26. The van der Waals surface area contributed by atoms with Crippen LogP contribution in [0.25, 0.3) is 9.40 Å². The van der Waals surface area contributed by atoms with Crippen LogP contribution in [0.4, 0.5) is 0 Å². The van der Waals surface area contributed by atoms with Crippen molar-refractivity contribution in [3.63, 3.8) is 0 Å². The summed E-state index contributed by atoms with van der Waals surface area (Å²) in [5.74, 6) is 0.178. The molecular formula is C11H15NOS2. The molecule has 2 rings (SSSR count). The van der Waals surface area contributed by atoms with Crippen molar-refractivity contribution in [3.05, 3.63) is 22.4 Å². The predicted octanol–water partition coefficient (Wildman–Crippen LogP) is 2.98. The zero-order valence-electron chi connectivity index (χ0n) is 8.64. The third-order valence-corrected chi connectivity index (χ3v) is 4.89. The Balaban J connectivity index is 2.26. The molecule has 3 N–H and O–H groups in total. The second-order valence-electron chi connectivity index (χ2n) is 3.65. The highest BCUT2D eigenvalue weighted by Crippen LogP contribution is 2.36. The van der Waals surface area contributed by atoms with Gasteiger partial charge in [-0.1, -0.05) is 6.92 Å². The molecule has 0 fully saturated rings. The lowest BCUT2D eigenvalue weighted by molar-refractivity contribution is 0.113. The van der Waals surface area contributed by atoms with E-state index in [0.29, 0.717) is 6.54 Å². The average molecular weight is 241 g/mol. The number of hydrogen-bond acceptors (Lipinski definition) is 4. The van der Waals surface area contributed by atoms with Gasteiger partial charge in [-0.05, 0) is 30.5 Å². The molecule has 0 aliphatic heterocycles. The highest BCUT2D eigenvalue weighted by molar-refractivity contribution is 7.26. The number of rotatable bonds is 4. The summed E-state index contributed by atoms with van der Waals surface area (Å²) in [7, 11) is 0. The van der Waals surface area contributed by atoms with E-state index in [1.165, 1.54) is 9.40 Å². The molecule has 0 amide bonds. The summed E-state index contributed by atoms with van der Waals surface area (Å²) < 4.78 is 2.53. The summed E-state index contributed by atoms with van der Waals surface area (Å²) in [6.45, 7) is 2.61. The van der Waals surface area contributed by atoms with Gasteiger partial charge in [0, 0.05) is 20.2 Å². The highest BCUT2D eigenvalue weighted by Gasteiger charge is 2.20. The molecule has 2 unspecified atom stereocenters. The van der Waals surface area contributed by atoms with Crippen molar-refractivity contribution in [2.75, 3.05) is 6.54 Å². The van der Waals surface area contributed by atoms with Gasteiger partial charge in [-0.2, -0.15) is 0 Å². The first-order valence-corrected chi connectivity index (χ1v) is 6.81. The summed E-state index contributed by atoms with van der Waals surface area (Å²) in [4.78, 5) is 1.05. The maximum Gasteiger partial charge on any atom is 0.0922 e. The van der Waals surface area contributed by atoms with Crippen LogP contribution in [-0.2, 0) is 0 Å². The maximum absolute atomic E-state index is 10.1. The molecule has 2 aromatic rings. The Bertz CT molecular complexity index is 402. The first kappa shape index (κ1) is 11.1. The number of hydrogen-bond donors (Lipinski definition) is 2. The van der Waals surface area contributed by atoms with E-state index in [1.807, 2.05) is 0 Å². The van der Waals surface area contributed by atoms with E-state index in [9.17, 15) is 5.11 Å². The predicted molar refractivity (Wildman–Crippen MR) is 67.5 cm³/mol. The van der Waals surface area contributed by atoms with E-state index in [-0.39, 0.29) is 5.92 Å². The monoisotopic (exact) mass is 241 g/mol. The molecule has 2 nitrogen and oxygen atoms in total. The Morgan fingerprint density at radius 2 is 2.27 bits per heavy atom. The molecule has 0 aliphatic rings. The molecule has 0 saturated carbocycles. The Morgan fingerprint density at radius 3 is 2.87 bits per heavy atom. The van der Waals surface area contributed by atoms with E-state index in [4.69, 9.17) is 5.73 Å². The highest BCUT2D eigenvalue weighted by atomic mass is 32.1. The van der Waals surface area contributed by atoms with E-state index in [2.05, 4.69) is 24.4 Å². The van der Waals surface area contributed by atoms with Crippen molar-refractivity contribution in [2.24, 2.45) is 11.7 Å². The standard InChI is InChI=1S/C11H15NOS2/c1-2-7(6-12)11(13)10-5-9-8(15-10)3-4-14-9/h3-5,7,11,13H,2,6,12H2,1H3. The molecule has 0 radical (unpaired) electrons. The van der Waals surface area contributed by atoms with Gasteiger partial charge < -0.3 is 10.8 Å². The Labute approximate surface area is 97.4 Å². The second-order valence-corrected chi connectivity index (χ2v) is 5.71. The smallest absolute Gasteiger partial charge is 0.0922 e. The zero-order chi connectivity index (χ0) is 10.8. The van der Waals surface area contributed by atoms with Crippen molar-refractivity contribution >= 4 is 32.1 Å². The molecule has 0 bridgehead atoms. The average Bonchev–Trinajstić information content (AvgIpc) is 2.78. The molecule has 0 aromatic carbocycles. The number of aliphatic hydroxyl groups excluding tert-OH is 1. The lowest BCUT2D eigenvalue weighted by Gasteiger charge is -2.18. The SMILES string of the molecule is CCC(CN)C(O)c1cc2sccc2s1. The Hall–Kier alpha value is -0.420. The van der Waals surface area contributed by atoms with Crippen LogP contribution < -0.4 is 5.73 Å². The fraction of sp³-hybridized carbons (Fsp3) is 0.455. The Morgan fingerprint density at radius 1 is 1.47 bits per heavy atom. The summed E-state index contributed by atoms with van der Waals surface area (Å²) in [5.41, 5.74) is 5.64. The number of thiophene rings is 2. The topological polar surface area (TPSA) is 46.2 Å². The van der Waals surface area contributed by atoms with Gasteiger partial charge in [-0.15, -0.1) is 22.7 Å². The summed E-state index contributed by atoms with van der Waals surface area (Å²) in [5, 5.41) is 12.2. The third-order valence-electron chi connectivity index (χ3n) is 2.72. The molecule has 15 heavy (non-hydrogen) atoms.